The second-order valence-electron chi connectivity index (χ2n) is 9.54. The molecule has 1 saturated carbocycles. The molecule has 0 spiro atoms. The summed E-state index contributed by atoms with van der Waals surface area (Å²) in [5, 5.41) is 4.20. The minimum atomic E-state index is -4.67. The minimum absolute atomic E-state index is 0.0389. The van der Waals surface area contributed by atoms with Crippen molar-refractivity contribution in [2.45, 2.75) is 42.7 Å². The Morgan fingerprint density at radius 3 is 2.51 bits per heavy atom. The van der Waals surface area contributed by atoms with E-state index in [2.05, 4.69) is 15.1 Å². The lowest BCUT2D eigenvalue weighted by Gasteiger charge is -2.25. The Bertz CT molecular complexity index is 1630. The number of aryl methyl sites for hydroxylation is 1. The standard InChI is InChI=1S/C28H29F2N5O5S/c1-34-23(9-12-33-34)20-5-4-6-24(20)40-26-14-22(30)27(15-21(26)29)41(36,37)35(28-10-11-31-17-32-28)16-18-7-8-19(38-2)13-25(18)39-3/h7-15,17,20,24H,4-6,16H2,1-3H3/t20-,24+/m0/s1. The van der Waals surface area contributed by atoms with E-state index in [4.69, 9.17) is 14.2 Å². The molecule has 4 aromatic rings. The van der Waals surface area contributed by atoms with Crippen LogP contribution in [0, 0.1) is 11.6 Å². The van der Waals surface area contributed by atoms with Gasteiger partial charge in [0.15, 0.2) is 11.6 Å². The van der Waals surface area contributed by atoms with Gasteiger partial charge in [-0.1, -0.05) is 0 Å². The van der Waals surface area contributed by atoms with Crippen LogP contribution >= 0.6 is 0 Å². The molecule has 2 aromatic heterocycles. The number of nitrogens with zero attached hydrogens (tertiary/aromatic N) is 5. The molecular weight excluding hydrogens is 556 g/mol. The summed E-state index contributed by atoms with van der Waals surface area (Å²) < 4.78 is 77.9. The highest BCUT2D eigenvalue weighted by molar-refractivity contribution is 7.92. The molecule has 216 valence electrons. The molecule has 2 atom stereocenters. The highest BCUT2D eigenvalue weighted by Gasteiger charge is 2.35. The first kappa shape index (κ1) is 28.3. The molecule has 13 heteroatoms. The summed E-state index contributed by atoms with van der Waals surface area (Å²) in [5.41, 5.74) is 1.38. The third-order valence-electron chi connectivity index (χ3n) is 7.15. The first-order chi connectivity index (χ1) is 19.7. The molecule has 0 aliphatic heterocycles. The van der Waals surface area contributed by atoms with E-state index in [1.54, 1.807) is 29.1 Å². The van der Waals surface area contributed by atoms with Gasteiger partial charge in [-0.2, -0.15) is 5.10 Å². The molecule has 0 N–H and O–H groups in total. The molecule has 1 aliphatic rings. The second-order valence-corrected chi connectivity index (χ2v) is 11.4. The third-order valence-corrected chi connectivity index (χ3v) is 8.92. The molecule has 10 nitrogen and oxygen atoms in total. The fourth-order valence-electron chi connectivity index (χ4n) is 5.09. The predicted octanol–water partition coefficient (Wildman–Crippen LogP) is 4.62. The lowest BCUT2D eigenvalue weighted by atomic mass is 10.0. The monoisotopic (exact) mass is 585 g/mol. The smallest absolute Gasteiger partial charge is 0.268 e. The van der Waals surface area contributed by atoms with E-state index in [9.17, 15) is 8.42 Å². The van der Waals surface area contributed by atoms with Gasteiger partial charge < -0.3 is 14.2 Å². The maximum Gasteiger partial charge on any atom is 0.268 e. The van der Waals surface area contributed by atoms with Crippen LogP contribution in [-0.2, 0) is 23.6 Å². The van der Waals surface area contributed by atoms with Crippen molar-refractivity contribution in [3.05, 3.63) is 84.1 Å². The quantitative estimate of drug-likeness (QED) is 0.265. The van der Waals surface area contributed by atoms with Gasteiger partial charge in [0.05, 0.1) is 20.8 Å². The number of halogens is 2. The summed E-state index contributed by atoms with van der Waals surface area (Å²) in [4.78, 5) is 7.04. The summed E-state index contributed by atoms with van der Waals surface area (Å²) in [5.74, 6) is -1.76. The molecule has 2 heterocycles. The van der Waals surface area contributed by atoms with E-state index in [1.165, 1.54) is 26.5 Å². The molecule has 2 aromatic carbocycles. The Morgan fingerprint density at radius 1 is 1.00 bits per heavy atom. The Balaban J connectivity index is 1.48. The van der Waals surface area contributed by atoms with E-state index < -0.39 is 32.7 Å². The number of hydrogen-bond acceptors (Lipinski definition) is 8. The van der Waals surface area contributed by atoms with Gasteiger partial charge in [0.1, 0.15) is 40.5 Å². The van der Waals surface area contributed by atoms with Gasteiger partial charge in [0.2, 0.25) is 0 Å². The number of anilines is 1. The summed E-state index contributed by atoms with van der Waals surface area (Å²) in [6, 6.07) is 9.51. The molecule has 0 bridgehead atoms. The van der Waals surface area contributed by atoms with Crippen molar-refractivity contribution >= 4 is 15.8 Å². The molecule has 1 fully saturated rings. The summed E-state index contributed by atoms with van der Waals surface area (Å²) >= 11 is 0. The van der Waals surface area contributed by atoms with Crippen molar-refractivity contribution in [1.82, 2.24) is 19.7 Å². The van der Waals surface area contributed by atoms with Gasteiger partial charge in [0.25, 0.3) is 10.0 Å². The number of sulfonamides is 1. The summed E-state index contributed by atoms with van der Waals surface area (Å²) in [7, 11) is 0.0651. The van der Waals surface area contributed by atoms with Crippen LogP contribution in [0.5, 0.6) is 17.2 Å². The van der Waals surface area contributed by atoms with Gasteiger partial charge in [-0.05, 0) is 37.5 Å². The first-order valence-electron chi connectivity index (χ1n) is 12.9. The zero-order valence-electron chi connectivity index (χ0n) is 22.7. The fourth-order valence-corrected chi connectivity index (χ4v) is 6.55. The number of aromatic nitrogens is 4. The lowest BCUT2D eigenvalue weighted by molar-refractivity contribution is 0.178. The van der Waals surface area contributed by atoms with Gasteiger partial charge in [-0.15, -0.1) is 0 Å². The average Bonchev–Trinajstić information content (AvgIpc) is 3.61. The maximum atomic E-state index is 15.6. The molecule has 1 aliphatic carbocycles. The second kappa shape index (κ2) is 11.7. The zero-order valence-corrected chi connectivity index (χ0v) is 23.5. The number of ether oxygens (including phenoxy) is 3. The van der Waals surface area contributed by atoms with Crippen LogP contribution in [0.1, 0.15) is 36.4 Å². The van der Waals surface area contributed by atoms with Crippen LogP contribution in [-0.4, -0.2) is 48.5 Å². The molecule has 5 rings (SSSR count). The fraction of sp³-hybridized carbons (Fsp3) is 0.321. The average molecular weight is 586 g/mol. The minimum Gasteiger partial charge on any atom is -0.497 e. The number of methoxy groups -OCH3 is 2. The Kier molecular flexibility index (Phi) is 8.06. The molecule has 41 heavy (non-hydrogen) atoms. The third kappa shape index (κ3) is 5.67. The molecule has 0 saturated heterocycles. The van der Waals surface area contributed by atoms with Gasteiger partial charge in [0, 0.05) is 60.9 Å². The SMILES string of the molecule is COc1ccc(CN(c2ccncn2)S(=O)(=O)c2cc(F)c(O[C@@H]3CCC[C@H]3c3ccnn3C)cc2F)c(OC)c1. The van der Waals surface area contributed by atoms with Crippen LogP contribution in [0.4, 0.5) is 14.6 Å². The van der Waals surface area contributed by atoms with Gasteiger partial charge in [-0.3, -0.25) is 4.68 Å². The van der Waals surface area contributed by atoms with Crippen molar-refractivity contribution < 1.29 is 31.4 Å². The summed E-state index contributed by atoms with van der Waals surface area (Å²) in [6.07, 6.45) is 6.07. The topological polar surface area (TPSA) is 109 Å². The molecule has 0 radical (unpaired) electrons. The van der Waals surface area contributed by atoms with Crippen molar-refractivity contribution in [3.8, 4) is 17.2 Å². The van der Waals surface area contributed by atoms with Crippen molar-refractivity contribution in [1.29, 1.82) is 0 Å². The van der Waals surface area contributed by atoms with E-state index >= 15 is 8.78 Å². The van der Waals surface area contributed by atoms with Crippen LogP contribution in [0.3, 0.4) is 0 Å². The highest BCUT2D eigenvalue weighted by Crippen LogP contribution is 2.39. The first-order valence-corrected chi connectivity index (χ1v) is 14.3. The van der Waals surface area contributed by atoms with Gasteiger partial charge >= 0.3 is 0 Å². The van der Waals surface area contributed by atoms with Crippen LogP contribution in [0.15, 0.2) is 66.1 Å². The van der Waals surface area contributed by atoms with Crippen LogP contribution in [0.2, 0.25) is 0 Å². The normalized spacial score (nSPS) is 16.9. The van der Waals surface area contributed by atoms with Crippen molar-refractivity contribution in [2.75, 3.05) is 18.5 Å². The highest BCUT2D eigenvalue weighted by atomic mass is 32.2. The largest absolute Gasteiger partial charge is 0.497 e. The van der Waals surface area contributed by atoms with E-state index in [-0.39, 0.29) is 24.0 Å². The summed E-state index contributed by atoms with van der Waals surface area (Å²) in [6.45, 7) is -0.291. The Labute approximate surface area is 236 Å². The Morgan fingerprint density at radius 2 is 1.83 bits per heavy atom. The zero-order chi connectivity index (χ0) is 29.1. The number of benzene rings is 2. The van der Waals surface area contributed by atoms with Crippen molar-refractivity contribution in [3.63, 3.8) is 0 Å². The van der Waals surface area contributed by atoms with Crippen LogP contribution < -0.4 is 18.5 Å². The lowest BCUT2D eigenvalue weighted by Crippen LogP contribution is -2.32. The van der Waals surface area contributed by atoms with E-state index in [0.717, 1.165) is 35.2 Å². The maximum absolute atomic E-state index is 15.6. The predicted molar refractivity (Wildman–Crippen MR) is 146 cm³/mol. The van der Waals surface area contributed by atoms with E-state index in [0.29, 0.717) is 29.5 Å². The molecule has 0 unspecified atom stereocenters. The van der Waals surface area contributed by atoms with E-state index in [1.807, 2.05) is 13.1 Å². The molecular formula is C28H29F2N5O5S. The van der Waals surface area contributed by atoms with Gasteiger partial charge in [-0.25, -0.2) is 31.5 Å². The number of hydrogen-bond donors (Lipinski definition) is 0. The van der Waals surface area contributed by atoms with Crippen LogP contribution in [0.25, 0.3) is 0 Å². The Hall–Kier alpha value is -4.26. The number of rotatable bonds is 10. The van der Waals surface area contributed by atoms with Crippen molar-refractivity contribution in [2.24, 2.45) is 7.05 Å². The molecule has 0 amide bonds.